The van der Waals surface area contributed by atoms with E-state index >= 15 is 0 Å². The summed E-state index contributed by atoms with van der Waals surface area (Å²) < 4.78 is 31.4. The van der Waals surface area contributed by atoms with E-state index in [0.29, 0.717) is 5.56 Å². The van der Waals surface area contributed by atoms with E-state index < -0.39 is 27.4 Å². The smallest absolute Gasteiger partial charge is 0.338 e. The number of carbonyl (C=O) groups excluding carboxylic acids is 1. The molecule has 1 aliphatic heterocycles. The third-order valence-electron chi connectivity index (χ3n) is 4.26. The van der Waals surface area contributed by atoms with Gasteiger partial charge in [0.15, 0.2) is 0 Å². The van der Waals surface area contributed by atoms with Crippen molar-refractivity contribution in [2.75, 3.05) is 20.2 Å². The molecule has 1 saturated heterocycles. The van der Waals surface area contributed by atoms with E-state index in [0.717, 1.165) is 4.31 Å². The lowest BCUT2D eigenvalue weighted by Crippen LogP contribution is -2.35. The van der Waals surface area contributed by atoms with Crippen LogP contribution in [-0.2, 0) is 19.6 Å². The average Bonchev–Trinajstić information content (AvgIpc) is 2.91. The van der Waals surface area contributed by atoms with Gasteiger partial charge in [-0.1, -0.05) is 6.07 Å². The third kappa shape index (κ3) is 2.96. The van der Waals surface area contributed by atoms with Crippen LogP contribution in [-0.4, -0.2) is 50.0 Å². The summed E-state index contributed by atoms with van der Waals surface area (Å²) in [5, 5.41) is 9.25. The third-order valence-corrected chi connectivity index (χ3v) is 6.25. The molecule has 8 heteroatoms. The fourth-order valence-corrected chi connectivity index (χ4v) is 4.47. The fourth-order valence-electron chi connectivity index (χ4n) is 2.66. The van der Waals surface area contributed by atoms with Crippen molar-refractivity contribution in [3.8, 4) is 0 Å². The maximum Gasteiger partial charge on any atom is 0.338 e. The summed E-state index contributed by atoms with van der Waals surface area (Å²) in [5.74, 6) is -1.63. The molecule has 0 saturated carbocycles. The molecule has 126 valence electrons. The second kappa shape index (κ2) is 5.93. The van der Waals surface area contributed by atoms with Crippen LogP contribution in [0.25, 0.3) is 0 Å². The Morgan fingerprint density at radius 1 is 1.35 bits per heavy atom. The molecule has 0 amide bonds. The first-order valence-electron chi connectivity index (χ1n) is 7.05. The Bertz CT molecular complexity index is 757. The van der Waals surface area contributed by atoms with Gasteiger partial charge in [0.25, 0.3) is 0 Å². The van der Waals surface area contributed by atoms with Gasteiger partial charge in [0, 0.05) is 13.1 Å². The zero-order valence-corrected chi connectivity index (χ0v) is 14.0. The maximum absolute atomic E-state index is 12.8. The number of carbonyl (C=O) groups is 2. The Balaban J connectivity index is 2.42. The Morgan fingerprint density at radius 2 is 2.00 bits per heavy atom. The van der Waals surface area contributed by atoms with Crippen LogP contribution in [0.1, 0.15) is 29.3 Å². The van der Waals surface area contributed by atoms with Gasteiger partial charge in [-0.05, 0) is 38.0 Å². The van der Waals surface area contributed by atoms with Gasteiger partial charge in [-0.25, -0.2) is 13.2 Å². The number of hydrogen-bond donors (Lipinski definition) is 1. The second-order valence-electron chi connectivity index (χ2n) is 5.87. The number of carboxylic acid groups (broad SMARTS) is 1. The summed E-state index contributed by atoms with van der Waals surface area (Å²) in [6, 6.07) is 4.37. The molecule has 0 spiro atoms. The van der Waals surface area contributed by atoms with Gasteiger partial charge < -0.3 is 9.84 Å². The molecule has 1 N–H and O–H groups in total. The van der Waals surface area contributed by atoms with Crippen molar-refractivity contribution in [2.24, 2.45) is 5.41 Å². The van der Waals surface area contributed by atoms with Gasteiger partial charge in [-0.15, -0.1) is 0 Å². The van der Waals surface area contributed by atoms with Crippen LogP contribution >= 0.6 is 0 Å². The minimum Gasteiger partial charge on any atom is -0.481 e. The topological polar surface area (TPSA) is 101 Å². The van der Waals surface area contributed by atoms with Gasteiger partial charge in [-0.3, -0.25) is 4.79 Å². The fraction of sp³-hybridized carbons (Fsp3) is 0.467. The average molecular weight is 341 g/mol. The van der Waals surface area contributed by atoms with E-state index in [1.165, 1.54) is 39.2 Å². The molecule has 1 heterocycles. The largest absolute Gasteiger partial charge is 0.481 e. The summed E-state index contributed by atoms with van der Waals surface area (Å²) in [7, 11) is -2.65. The van der Waals surface area contributed by atoms with Crippen molar-refractivity contribution in [3.63, 3.8) is 0 Å². The molecule has 7 nitrogen and oxygen atoms in total. The summed E-state index contributed by atoms with van der Waals surface area (Å²) in [5.41, 5.74) is -0.627. The quantitative estimate of drug-likeness (QED) is 0.828. The molecule has 0 radical (unpaired) electrons. The van der Waals surface area contributed by atoms with Crippen molar-refractivity contribution >= 4 is 22.0 Å². The van der Waals surface area contributed by atoms with E-state index in [4.69, 9.17) is 0 Å². The van der Waals surface area contributed by atoms with Crippen LogP contribution in [0.3, 0.4) is 0 Å². The molecular weight excluding hydrogens is 322 g/mol. The predicted molar refractivity (Wildman–Crippen MR) is 81.6 cm³/mol. The molecule has 1 aromatic carbocycles. The van der Waals surface area contributed by atoms with Gasteiger partial charge in [0.05, 0.1) is 23.0 Å². The molecule has 1 aliphatic rings. The Labute approximate surface area is 134 Å². The first kappa shape index (κ1) is 17.4. The molecule has 0 aliphatic carbocycles. The Kier molecular flexibility index (Phi) is 4.50. The highest BCUT2D eigenvalue weighted by molar-refractivity contribution is 7.89. The minimum absolute atomic E-state index is 0.00459. The SMILES string of the molecule is COC(=O)c1cccc(S(=O)(=O)N2CCC(C)(C(=O)O)C2)c1C. The van der Waals surface area contributed by atoms with Crippen molar-refractivity contribution in [3.05, 3.63) is 29.3 Å². The Hall–Kier alpha value is -1.93. The van der Waals surface area contributed by atoms with E-state index in [-0.39, 0.29) is 30.0 Å². The van der Waals surface area contributed by atoms with Crippen LogP contribution in [0.5, 0.6) is 0 Å². The van der Waals surface area contributed by atoms with E-state index in [2.05, 4.69) is 4.74 Å². The van der Waals surface area contributed by atoms with Crippen LogP contribution in [0.2, 0.25) is 0 Å². The lowest BCUT2D eigenvalue weighted by atomic mass is 9.90. The number of carboxylic acids is 1. The highest BCUT2D eigenvalue weighted by Crippen LogP contribution is 2.34. The molecule has 2 rings (SSSR count). The number of ether oxygens (including phenoxy) is 1. The second-order valence-corrected chi connectivity index (χ2v) is 7.78. The zero-order valence-electron chi connectivity index (χ0n) is 13.2. The Morgan fingerprint density at radius 3 is 2.52 bits per heavy atom. The number of aliphatic carboxylic acids is 1. The van der Waals surface area contributed by atoms with Gasteiger partial charge in [0.2, 0.25) is 10.0 Å². The van der Waals surface area contributed by atoms with Crippen LogP contribution in [0, 0.1) is 12.3 Å². The highest BCUT2D eigenvalue weighted by atomic mass is 32.2. The van der Waals surface area contributed by atoms with Gasteiger partial charge in [0.1, 0.15) is 0 Å². The molecule has 1 aromatic rings. The van der Waals surface area contributed by atoms with Crippen molar-refractivity contribution in [2.45, 2.75) is 25.2 Å². The van der Waals surface area contributed by atoms with Crippen LogP contribution in [0.4, 0.5) is 0 Å². The van der Waals surface area contributed by atoms with Crippen molar-refractivity contribution < 1.29 is 27.9 Å². The molecule has 1 unspecified atom stereocenters. The number of benzene rings is 1. The lowest BCUT2D eigenvalue weighted by Gasteiger charge is -2.21. The number of hydrogen-bond acceptors (Lipinski definition) is 5. The molecule has 23 heavy (non-hydrogen) atoms. The summed E-state index contributed by atoms with van der Waals surface area (Å²) in [6.45, 7) is 3.10. The maximum atomic E-state index is 12.8. The van der Waals surface area contributed by atoms with E-state index in [1.807, 2.05) is 0 Å². The highest BCUT2D eigenvalue weighted by Gasteiger charge is 2.45. The van der Waals surface area contributed by atoms with Crippen molar-refractivity contribution in [1.29, 1.82) is 0 Å². The molecule has 1 atom stereocenters. The van der Waals surface area contributed by atoms with Gasteiger partial charge in [-0.2, -0.15) is 4.31 Å². The number of methoxy groups -OCH3 is 1. The van der Waals surface area contributed by atoms with E-state index in [9.17, 15) is 23.1 Å². The normalized spacial score (nSPS) is 22.0. The first-order chi connectivity index (χ1) is 10.6. The van der Waals surface area contributed by atoms with E-state index in [1.54, 1.807) is 0 Å². The molecular formula is C15H19NO6S. The van der Waals surface area contributed by atoms with Crippen LogP contribution in [0.15, 0.2) is 23.1 Å². The molecule has 1 fully saturated rings. The number of nitrogens with zero attached hydrogens (tertiary/aromatic N) is 1. The predicted octanol–water partition coefficient (Wildman–Crippen LogP) is 1.27. The number of sulfonamides is 1. The summed E-state index contributed by atoms with van der Waals surface area (Å²) in [6.07, 6.45) is 0.247. The molecule has 0 aromatic heterocycles. The first-order valence-corrected chi connectivity index (χ1v) is 8.49. The summed E-state index contributed by atoms with van der Waals surface area (Å²) >= 11 is 0. The minimum atomic E-state index is -3.88. The van der Waals surface area contributed by atoms with Crippen LogP contribution < -0.4 is 0 Å². The summed E-state index contributed by atoms with van der Waals surface area (Å²) in [4.78, 5) is 23.0. The van der Waals surface area contributed by atoms with Gasteiger partial charge >= 0.3 is 11.9 Å². The zero-order chi connectivity index (χ0) is 17.4. The number of rotatable bonds is 4. The number of esters is 1. The van der Waals surface area contributed by atoms with Crippen molar-refractivity contribution in [1.82, 2.24) is 4.31 Å². The standard InChI is InChI=1S/C15H19NO6S/c1-10-11(13(17)22-3)5-4-6-12(10)23(20,21)16-8-7-15(2,9-16)14(18)19/h4-6H,7-9H2,1-3H3,(H,18,19). The molecule has 0 bridgehead atoms. The lowest BCUT2D eigenvalue weighted by molar-refractivity contribution is -0.146. The monoisotopic (exact) mass is 341 g/mol.